The van der Waals surface area contributed by atoms with Crippen molar-refractivity contribution < 1.29 is 19.5 Å². The molecule has 39 heavy (non-hydrogen) atoms. The van der Waals surface area contributed by atoms with Crippen LogP contribution < -0.4 is 4.90 Å². The van der Waals surface area contributed by atoms with E-state index in [0.29, 0.717) is 24.2 Å². The number of piperazine rings is 1. The van der Waals surface area contributed by atoms with Gasteiger partial charge in [-0.25, -0.2) is 14.4 Å². The molecule has 3 atom stereocenters. The fourth-order valence-electron chi connectivity index (χ4n) is 5.91. The third-order valence-electron chi connectivity index (χ3n) is 7.62. The fourth-order valence-corrected chi connectivity index (χ4v) is 5.91. The van der Waals surface area contributed by atoms with Crippen LogP contribution in [0.3, 0.4) is 0 Å². The molecule has 0 saturated carbocycles. The summed E-state index contributed by atoms with van der Waals surface area (Å²) in [4.78, 5) is 45.5. The molecule has 2 bridgehead atoms. The SMILES string of the molecule is O=C(O)[C@@H]1[C@H]2CC[C@@H](CN1C(=O)N(c1ccccc1)c1ccccc1)N2C(=O)n1cccc1-c1ccccc1. The first-order valence-corrected chi connectivity index (χ1v) is 13.0. The molecular formula is C31H28N4O4. The number of carbonyl (C=O) groups is 3. The maximum Gasteiger partial charge on any atom is 0.329 e. The predicted molar refractivity (Wildman–Crippen MR) is 148 cm³/mol. The Bertz CT molecular complexity index is 1450. The van der Waals surface area contributed by atoms with Gasteiger partial charge in [0.25, 0.3) is 0 Å². The molecular weight excluding hydrogens is 492 g/mol. The lowest BCUT2D eigenvalue weighted by Crippen LogP contribution is -2.66. The van der Waals surface area contributed by atoms with E-state index < -0.39 is 24.1 Å². The van der Waals surface area contributed by atoms with Gasteiger partial charge in [-0.3, -0.25) is 9.47 Å². The molecule has 2 fully saturated rings. The van der Waals surface area contributed by atoms with E-state index in [0.717, 1.165) is 11.3 Å². The van der Waals surface area contributed by atoms with Crippen molar-refractivity contribution in [3.63, 3.8) is 0 Å². The Balaban J connectivity index is 1.34. The molecule has 0 spiro atoms. The number of hydrogen-bond donors (Lipinski definition) is 1. The van der Waals surface area contributed by atoms with Gasteiger partial charge in [-0.15, -0.1) is 0 Å². The topological polar surface area (TPSA) is 86.1 Å². The van der Waals surface area contributed by atoms with Crippen LogP contribution in [0.1, 0.15) is 12.8 Å². The number of carboxylic acids is 1. The highest BCUT2D eigenvalue weighted by Crippen LogP contribution is 2.38. The fraction of sp³-hybridized carbons (Fsp3) is 0.194. The average molecular weight is 521 g/mol. The number of aliphatic carboxylic acids is 1. The number of hydrogen-bond acceptors (Lipinski definition) is 3. The van der Waals surface area contributed by atoms with Crippen molar-refractivity contribution in [2.45, 2.75) is 31.0 Å². The number of carboxylic acid groups (broad SMARTS) is 1. The van der Waals surface area contributed by atoms with E-state index in [9.17, 15) is 19.5 Å². The molecule has 2 aliphatic heterocycles. The van der Waals surface area contributed by atoms with Gasteiger partial charge in [-0.2, -0.15) is 0 Å². The summed E-state index contributed by atoms with van der Waals surface area (Å²) in [6, 6.07) is 28.9. The highest BCUT2D eigenvalue weighted by molar-refractivity contribution is 6.01. The highest BCUT2D eigenvalue weighted by atomic mass is 16.4. The number of aromatic nitrogens is 1. The van der Waals surface area contributed by atoms with Gasteiger partial charge in [0, 0.05) is 12.7 Å². The van der Waals surface area contributed by atoms with Gasteiger partial charge in [0.15, 0.2) is 6.04 Å². The van der Waals surface area contributed by atoms with Crippen molar-refractivity contribution in [3.05, 3.63) is 109 Å². The summed E-state index contributed by atoms with van der Waals surface area (Å²) < 4.78 is 1.58. The molecule has 0 aliphatic carbocycles. The molecule has 1 N–H and O–H groups in total. The summed E-state index contributed by atoms with van der Waals surface area (Å²) in [6.07, 6.45) is 2.85. The van der Waals surface area contributed by atoms with Crippen molar-refractivity contribution in [1.82, 2.24) is 14.4 Å². The second kappa shape index (κ2) is 10.1. The van der Waals surface area contributed by atoms with E-state index in [1.54, 1.807) is 20.6 Å². The minimum atomic E-state index is -1.18. The number of para-hydroxylation sites is 2. The lowest BCUT2D eigenvalue weighted by Gasteiger charge is -2.46. The van der Waals surface area contributed by atoms with Crippen LogP contribution in [0.25, 0.3) is 11.3 Å². The maximum absolute atomic E-state index is 14.2. The van der Waals surface area contributed by atoms with Crippen molar-refractivity contribution in [3.8, 4) is 11.3 Å². The lowest BCUT2D eigenvalue weighted by molar-refractivity contribution is -0.145. The molecule has 3 aromatic carbocycles. The van der Waals surface area contributed by atoms with Crippen LogP contribution in [-0.2, 0) is 4.79 Å². The summed E-state index contributed by atoms with van der Waals surface area (Å²) in [7, 11) is 0. The molecule has 8 nitrogen and oxygen atoms in total. The standard InChI is InChI=1S/C31H28N4O4/c36-29(37)28-27-19-18-25(35(27)30(38)32-20-10-17-26(32)22-11-4-1-5-12-22)21-33(28)31(39)34(23-13-6-2-7-14-23)24-15-8-3-9-16-24/h1-17,20,25,27-28H,18-19,21H2,(H,36,37)/t25-,27+,28-/m0/s1. The molecule has 0 radical (unpaired) electrons. The van der Waals surface area contributed by atoms with Gasteiger partial charge in [0.05, 0.1) is 29.2 Å². The predicted octanol–water partition coefficient (Wildman–Crippen LogP) is 5.68. The number of urea groups is 1. The van der Waals surface area contributed by atoms with E-state index in [1.807, 2.05) is 103 Å². The molecule has 3 heterocycles. The van der Waals surface area contributed by atoms with Crippen LogP contribution in [0.4, 0.5) is 21.0 Å². The molecule has 6 rings (SSSR count). The molecule has 1 aromatic heterocycles. The normalized spacial score (nSPS) is 20.1. The largest absolute Gasteiger partial charge is 0.480 e. The van der Waals surface area contributed by atoms with E-state index in [-0.39, 0.29) is 18.6 Å². The van der Waals surface area contributed by atoms with Gasteiger partial charge >= 0.3 is 18.0 Å². The molecule has 3 amide bonds. The minimum Gasteiger partial charge on any atom is -0.480 e. The molecule has 0 unspecified atom stereocenters. The van der Waals surface area contributed by atoms with Gasteiger partial charge in [-0.05, 0) is 54.8 Å². The summed E-state index contributed by atoms with van der Waals surface area (Å²) in [5, 5.41) is 10.4. The summed E-state index contributed by atoms with van der Waals surface area (Å²) in [6.45, 7) is 0.135. The first-order valence-electron chi connectivity index (χ1n) is 13.0. The van der Waals surface area contributed by atoms with E-state index >= 15 is 0 Å². The van der Waals surface area contributed by atoms with Crippen LogP contribution in [0.15, 0.2) is 109 Å². The zero-order valence-electron chi connectivity index (χ0n) is 21.2. The zero-order chi connectivity index (χ0) is 26.9. The number of nitrogens with zero attached hydrogens (tertiary/aromatic N) is 4. The lowest BCUT2D eigenvalue weighted by atomic mass is 10.0. The van der Waals surface area contributed by atoms with Crippen LogP contribution in [-0.4, -0.2) is 62.2 Å². The van der Waals surface area contributed by atoms with Gasteiger partial charge < -0.3 is 14.9 Å². The van der Waals surface area contributed by atoms with Crippen LogP contribution in [0, 0.1) is 0 Å². The average Bonchev–Trinajstić information content (AvgIpc) is 3.58. The highest BCUT2D eigenvalue weighted by Gasteiger charge is 2.54. The molecule has 196 valence electrons. The minimum absolute atomic E-state index is 0.135. The Hall–Kier alpha value is -4.85. The van der Waals surface area contributed by atoms with Crippen molar-refractivity contribution >= 4 is 29.4 Å². The summed E-state index contributed by atoms with van der Waals surface area (Å²) in [5.41, 5.74) is 2.92. The number of carbonyl (C=O) groups excluding carboxylic acids is 2. The summed E-state index contributed by atoms with van der Waals surface area (Å²) in [5.74, 6) is -1.12. The van der Waals surface area contributed by atoms with Crippen LogP contribution in [0.2, 0.25) is 0 Å². The number of fused-ring (bicyclic) bond motifs is 2. The number of rotatable bonds is 4. The Morgan fingerprint density at radius 1 is 0.744 bits per heavy atom. The van der Waals surface area contributed by atoms with Gasteiger partial charge in [-0.1, -0.05) is 66.7 Å². The Morgan fingerprint density at radius 3 is 1.92 bits per heavy atom. The number of benzene rings is 3. The summed E-state index contributed by atoms with van der Waals surface area (Å²) >= 11 is 0. The molecule has 4 aromatic rings. The van der Waals surface area contributed by atoms with Crippen molar-refractivity contribution in [2.75, 3.05) is 11.4 Å². The van der Waals surface area contributed by atoms with E-state index in [2.05, 4.69) is 0 Å². The van der Waals surface area contributed by atoms with Crippen molar-refractivity contribution in [2.24, 2.45) is 0 Å². The third-order valence-corrected chi connectivity index (χ3v) is 7.62. The number of likely N-dealkylation sites (tertiary alicyclic amines) is 1. The van der Waals surface area contributed by atoms with Crippen molar-refractivity contribution in [1.29, 1.82) is 0 Å². The van der Waals surface area contributed by atoms with Crippen LogP contribution >= 0.6 is 0 Å². The zero-order valence-corrected chi connectivity index (χ0v) is 21.2. The monoisotopic (exact) mass is 520 g/mol. The third kappa shape index (κ3) is 4.33. The second-order valence-electron chi connectivity index (χ2n) is 9.84. The van der Waals surface area contributed by atoms with E-state index in [1.165, 1.54) is 4.90 Å². The second-order valence-corrected chi connectivity index (χ2v) is 9.84. The number of amides is 3. The molecule has 8 heteroatoms. The first kappa shape index (κ1) is 24.5. The number of anilines is 2. The Morgan fingerprint density at radius 2 is 1.33 bits per heavy atom. The molecule has 2 saturated heterocycles. The van der Waals surface area contributed by atoms with Gasteiger partial charge in [0.2, 0.25) is 0 Å². The van der Waals surface area contributed by atoms with Crippen LogP contribution in [0.5, 0.6) is 0 Å². The molecule has 2 aliphatic rings. The Kier molecular flexibility index (Phi) is 6.36. The van der Waals surface area contributed by atoms with Gasteiger partial charge in [0.1, 0.15) is 0 Å². The quantitative estimate of drug-likeness (QED) is 0.375. The first-order chi connectivity index (χ1) is 19.0. The van der Waals surface area contributed by atoms with E-state index in [4.69, 9.17) is 0 Å². The smallest absolute Gasteiger partial charge is 0.329 e. The maximum atomic E-state index is 14.2. The Labute approximate surface area is 226 Å².